The van der Waals surface area contributed by atoms with Gasteiger partial charge in [0, 0.05) is 6.42 Å². The highest BCUT2D eigenvalue weighted by molar-refractivity contribution is 5.84. The van der Waals surface area contributed by atoms with Gasteiger partial charge in [0.1, 0.15) is 5.52 Å². The summed E-state index contributed by atoms with van der Waals surface area (Å²) in [5.41, 5.74) is 13.4. The van der Waals surface area contributed by atoms with Crippen molar-refractivity contribution < 1.29 is 4.42 Å². The van der Waals surface area contributed by atoms with Gasteiger partial charge in [-0.3, -0.25) is 0 Å². The Labute approximate surface area is 88.3 Å². The van der Waals surface area contributed by atoms with Crippen LogP contribution in [0.2, 0.25) is 0 Å². The molecular weight excluding hydrogens is 190 g/mol. The highest BCUT2D eigenvalue weighted by atomic mass is 16.3. The van der Waals surface area contributed by atoms with Gasteiger partial charge in [-0.25, -0.2) is 4.98 Å². The summed E-state index contributed by atoms with van der Waals surface area (Å²) in [4.78, 5) is 4.36. The Kier molecular flexibility index (Phi) is 2.60. The highest BCUT2D eigenvalue weighted by Gasteiger charge is 2.10. The van der Waals surface area contributed by atoms with Crippen molar-refractivity contribution in [2.24, 2.45) is 11.7 Å². The van der Waals surface area contributed by atoms with E-state index in [2.05, 4.69) is 11.9 Å². The summed E-state index contributed by atoms with van der Waals surface area (Å²) in [7, 11) is 0. The van der Waals surface area contributed by atoms with Gasteiger partial charge in [0.25, 0.3) is 0 Å². The van der Waals surface area contributed by atoms with Crippen LogP contribution in [0.25, 0.3) is 11.1 Å². The number of oxazole rings is 1. The summed E-state index contributed by atoms with van der Waals surface area (Å²) in [5, 5.41) is 0. The molecule has 0 bridgehead atoms. The maximum Gasteiger partial charge on any atom is 0.195 e. The topological polar surface area (TPSA) is 78.1 Å². The molecule has 0 aliphatic heterocycles. The van der Waals surface area contributed by atoms with Crippen molar-refractivity contribution in [3.8, 4) is 0 Å². The van der Waals surface area contributed by atoms with Crippen molar-refractivity contribution >= 4 is 16.8 Å². The van der Waals surface area contributed by atoms with Gasteiger partial charge in [0.15, 0.2) is 11.5 Å². The molecule has 0 aliphatic rings. The number of hydrogen-bond acceptors (Lipinski definition) is 4. The fraction of sp³-hybridized carbons (Fsp3) is 0.364. The molecule has 1 aromatic carbocycles. The quantitative estimate of drug-likeness (QED) is 0.745. The van der Waals surface area contributed by atoms with Crippen LogP contribution >= 0.6 is 0 Å². The van der Waals surface area contributed by atoms with Crippen molar-refractivity contribution in [2.45, 2.75) is 13.3 Å². The lowest BCUT2D eigenvalue weighted by Crippen LogP contribution is -2.13. The Morgan fingerprint density at radius 1 is 1.47 bits per heavy atom. The Morgan fingerprint density at radius 3 is 2.93 bits per heavy atom. The van der Waals surface area contributed by atoms with Crippen LogP contribution in [0.3, 0.4) is 0 Å². The number of anilines is 1. The van der Waals surface area contributed by atoms with Gasteiger partial charge in [-0.1, -0.05) is 13.0 Å². The summed E-state index contributed by atoms with van der Waals surface area (Å²) in [6, 6.07) is 5.58. The third-order valence-electron chi connectivity index (χ3n) is 2.42. The molecular formula is C11H15N3O. The van der Waals surface area contributed by atoms with Crippen LogP contribution in [0, 0.1) is 5.92 Å². The fourth-order valence-corrected chi connectivity index (χ4v) is 1.49. The SMILES string of the molecule is CC(CN)Cc1nc2cccc(N)c2o1. The van der Waals surface area contributed by atoms with E-state index in [-0.39, 0.29) is 0 Å². The van der Waals surface area contributed by atoms with Crippen LogP contribution in [-0.4, -0.2) is 11.5 Å². The maximum atomic E-state index is 5.77. The summed E-state index contributed by atoms with van der Waals surface area (Å²) >= 11 is 0. The highest BCUT2D eigenvalue weighted by Crippen LogP contribution is 2.22. The van der Waals surface area contributed by atoms with Gasteiger partial charge in [-0.05, 0) is 24.6 Å². The number of nitrogens with two attached hydrogens (primary N) is 2. The molecule has 0 saturated carbocycles. The first-order valence-electron chi connectivity index (χ1n) is 5.04. The molecule has 1 atom stereocenters. The minimum Gasteiger partial charge on any atom is -0.439 e. The van der Waals surface area contributed by atoms with E-state index in [9.17, 15) is 0 Å². The van der Waals surface area contributed by atoms with Crippen LogP contribution < -0.4 is 11.5 Å². The molecule has 4 heteroatoms. The number of hydrogen-bond donors (Lipinski definition) is 2. The lowest BCUT2D eigenvalue weighted by atomic mass is 10.1. The number of fused-ring (bicyclic) bond motifs is 1. The van der Waals surface area contributed by atoms with Gasteiger partial charge in [-0.15, -0.1) is 0 Å². The number of nitrogen functional groups attached to an aromatic ring is 1. The monoisotopic (exact) mass is 205 g/mol. The number of para-hydroxylation sites is 1. The molecule has 1 unspecified atom stereocenters. The van der Waals surface area contributed by atoms with Crippen molar-refractivity contribution in [3.63, 3.8) is 0 Å². The van der Waals surface area contributed by atoms with E-state index < -0.39 is 0 Å². The Morgan fingerprint density at radius 2 is 2.27 bits per heavy atom. The molecule has 4 N–H and O–H groups in total. The van der Waals surface area contributed by atoms with Gasteiger partial charge < -0.3 is 15.9 Å². The molecule has 0 aliphatic carbocycles. The van der Waals surface area contributed by atoms with Crippen LogP contribution in [0.5, 0.6) is 0 Å². The maximum absolute atomic E-state index is 5.77. The minimum absolute atomic E-state index is 0.374. The number of aromatic nitrogens is 1. The lowest BCUT2D eigenvalue weighted by molar-refractivity contribution is 0.469. The molecule has 0 radical (unpaired) electrons. The first-order valence-corrected chi connectivity index (χ1v) is 5.04. The van der Waals surface area contributed by atoms with E-state index in [1.165, 1.54) is 0 Å². The minimum atomic E-state index is 0.374. The number of benzene rings is 1. The fourth-order valence-electron chi connectivity index (χ4n) is 1.49. The largest absolute Gasteiger partial charge is 0.439 e. The van der Waals surface area contributed by atoms with E-state index >= 15 is 0 Å². The second kappa shape index (κ2) is 3.90. The molecule has 0 spiro atoms. The van der Waals surface area contributed by atoms with E-state index in [0.717, 1.165) is 11.9 Å². The van der Waals surface area contributed by atoms with Crippen molar-refractivity contribution in [3.05, 3.63) is 24.1 Å². The van der Waals surface area contributed by atoms with Crippen LogP contribution in [-0.2, 0) is 6.42 Å². The second-order valence-corrected chi connectivity index (χ2v) is 3.85. The summed E-state index contributed by atoms with van der Waals surface area (Å²) in [5.74, 6) is 1.08. The Balaban J connectivity index is 2.35. The Bertz CT molecular complexity index is 464. The van der Waals surface area contributed by atoms with Crippen molar-refractivity contribution in [2.75, 3.05) is 12.3 Å². The Hall–Kier alpha value is -1.55. The normalized spacial score (nSPS) is 13.2. The van der Waals surface area contributed by atoms with E-state index in [1.54, 1.807) is 0 Å². The zero-order chi connectivity index (χ0) is 10.8. The smallest absolute Gasteiger partial charge is 0.195 e. The number of rotatable bonds is 3. The van der Waals surface area contributed by atoms with Crippen LogP contribution in [0.15, 0.2) is 22.6 Å². The predicted molar refractivity (Wildman–Crippen MR) is 60.3 cm³/mol. The number of nitrogens with zero attached hydrogens (tertiary/aromatic N) is 1. The molecule has 1 aromatic heterocycles. The molecule has 2 rings (SSSR count). The zero-order valence-electron chi connectivity index (χ0n) is 8.73. The zero-order valence-corrected chi connectivity index (χ0v) is 8.73. The van der Waals surface area contributed by atoms with E-state index in [1.807, 2.05) is 18.2 Å². The molecule has 2 aromatic rings. The van der Waals surface area contributed by atoms with Crippen molar-refractivity contribution in [1.29, 1.82) is 0 Å². The molecule has 1 heterocycles. The summed E-state index contributed by atoms with van der Waals surface area (Å²) < 4.78 is 5.58. The third kappa shape index (κ3) is 1.94. The average Bonchev–Trinajstić information content (AvgIpc) is 2.62. The molecule has 0 amide bonds. The van der Waals surface area contributed by atoms with E-state index in [4.69, 9.17) is 15.9 Å². The summed E-state index contributed by atoms with van der Waals surface area (Å²) in [6.45, 7) is 2.70. The van der Waals surface area contributed by atoms with Gasteiger partial charge in [-0.2, -0.15) is 0 Å². The average molecular weight is 205 g/mol. The third-order valence-corrected chi connectivity index (χ3v) is 2.42. The van der Waals surface area contributed by atoms with Crippen LogP contribution in [0.4, 0.5) is 5.69 Å². The summed E-state index contributed by atoms with van der Waals surface area (Å²) in [6.07, 6.45) is 0.755. The van der Waals surface area contributed by atoms with E-state index in [0.29, 0.717) is 29.6 Å². The second-order valence-electron chi connectivity index (χ2n) is 3.85. The molecule has 80 valence electrons. The van der Waals surface area contributed by atoms with Crippen molar-refractivity contribution in [1.82, 2.24) is 4.98 Å². The molecule has 15 heavy (non-hydrogen) atoms. The first-order chi connectivity index (χ1) is 7.20. The molecule has 4 nitrogen and oxygen atoms in total. The van der Waals surface area contributed by atoms with Gasteiger partial charge in [0.05, 0.1) is 5.69 Å². The van der Waals surface area contributed by atoms with Crippen LogP contribution in [0.1, 0.15) is 12.8 Å². The molecule has 0 saturated heterocycles. The van der Waals surface area contributed by atoms with Gasteiger partial charge in [0.2, 0.25) is 0 Å². The first kappa shape index (κ1) is 9.98. The predicted octanol–water partition coefficient (Wildman–Crippen LogP) is 1.55. The molecule has 0 fully saturated rings. The standard InChI is InChI=1S/C11H15N3O/c1-7(6-12)5-10-14-9-4-2-3-8(13)11(9)15-10/h2-4,7H,5-6,12-13H2,1H3. The lowest BCUT2D eigenvalue weighted by Gasteiger charge is -2.02. The van der Waals surface area contributed by atoms with Gasteiger partial charge >= 0.3 is 0 Å².